The molecule has 0 radical (unpaired) electrons. The number of hydrogen-bond donors (Lipinski definition) is 3. The summed E-state index contributed by atoms with van der Waals surface area (Å²) in [5.74, 6) is -1.46. The molecule has 3 N–H and O–H groups in total. The van der Waals surface area contributed by atoms with Gasteiger partial charge >= 0.3 is 11.8 Å². The minimum Gasteiger partial charge on any atom is -0.383 e. The summed E-state index contributed by atoms with van der Waals surface area (Å²) in [6.07, 6.45) is 0. The molecule has 0 aliphatic rings. The molecule has 0 aliphatic carbocycles. The third-order valence-corrected chi connectivity index (χ3v) is 5.89. The molecular formula is C18H18N2O3S2. The zero-order chi connectivity index (χ0) is 17.9. The Balaban J connectivity index is 1.57. The molecule has 3 rings (SSSR count). The summed E-state index contributed by atoms with van der Waals surface area (Å²) < 4.78 is 1.07. The first-order valence-corrected chi connectivity index (χ1v) is 9.50. The van der Waals surface area contributed by atoms with Crippen molar-refractivity contribution in [2.75, 3.05) is 6.54 Å². The number of benzene rings is 1. The fraction of sp³-hybridized carbons (Fsp3) is 0.222. The lowest BCUT2D eigenvalue weighted by Crippen LogP contribution is -2.45. The Morgan fingerprint density at radius 1 is 1.16 bits per heavy atom. The average molecular weight is 374 g/mol. The Morgan fingerprint density at radius 3 is 2.64 bits per heavy atom. The maximum Gasteiger partial charge on any atom is 0.309 e. The third kappa shape index (κ3) is 4.25. The average Bonchev–Trinajstić information content (AvgIpc) is 3.26. The highest BCUT2D eigenvalue weighted by Gasteiger charge is 2.27. The van der Waals surface area contributed by atoms with Gasteiger partial charge in [0.25, 0.3) is 0 Å². The van der Waals surface area contributed by atoms with Gasteiger partial charge in [0, 0.05) is 16.1 Å². The Bertz CT molecular complexity index is 852. The van der Waals surface area contributed by atoms with Crippen molar-refractivity contribution in [2.45, 2.75) is 19.1 Å². The smallest absolute Gasteiger partial charge is 0.309 e. The Hall–Kier alpha value is -2.22. The Morgan fingerprint density at radius 2 is 1.92 bits per heavy atom. The van der Waals surface area contributed by atoms with Gasteiger partial charge in [-0.25, -0.2) is 0 Å². The van der Waals surface area contributed by atoms with Crippen LogP contribution in [0.5, 0.6) is 0 Å². The van der Waals surface area contributed by atoms with Crippen LogP contribution in [0.15, 0.2) is 47.2 Å². The molecule has 2 heterocycles. The molecule has 2 amide bonds. The molecule has 7 heteroatoms. The second-order valence-electron chi connectivity index (χ2n) is 5.92. The van der Waals surface area contributed by atoms with E-state index in [1.807, 2.05) is 47.2 Å². The number of carbonyl (C=O) groups is 2. The van der Waals surface area contributed by atoms with Crippen LogP contribution < -0.4 is 10.6 Å². The topological polar surface area (TPSA) is 78.4 Å². The first-order valence-electron chi connectivity index (χ1n) is 7.74. The van der Waals surface area contributed by atoms with Crippen LogP contribution in [0.3, 0.4) is 0 Å². The number of fused-ring (bicyclic) bond motifs is 1. The summed E-state index contributed by atoms with van der Waals surface area (Å²) in [5, 5.41) is 20.6. The van der Waals surface area contributed by atoms with E-state index in [4.69, 9.17) is 0 Å². The van der Waals surface area contributed by atoms with E-state index in [1.165, 1.54) is 22.7 Å². The molecule has 5 nitrogen and oxygen atoms in total. The lowest BCUT2D eigenvalue weighted by molar-refractivity contribution is -0.139. The van der Waals surface area contributed by atoms with Crippen LogP contribution in [0.4, 0.5) is 0 Å². The monoisotopic (exact) mass is 374 g/mol. The molecule has 2 aromatic heterocycles. The maximum atomic E-state index is 11.9. The van der Waals surface area contributed by atoms with Crippen LogP contribution >= 0.6 is 22.7 Å². The summed E-state index contributed by atoms with van der Waals surface area (Å²) in [5.41, 5.74) is -0.295. The van der Waals surface area contributed by atoms with Gasteiger partial charge in [-0.2, -0.15) is 11.3 Å². The lowest BCUT2D eigenvalue weighted by Gasteiger charge is -2.22. The quantitative estimate of drug-likeness (QED) is 0.601. The maximum absolute atomic E-state index is 11.9. The van der Waals surface area contributed by atoms with E-state index in [-0.39, 0.29) is 6.54 Å². The predicted molar refractivity (Wildman–Crippen MR) is 101 cm³/mol. The van der Waals surface area contributed by atoms with Gasteiger partial charge in [-0.05, 0) is 46.8 Å². The van der Waals surface area contributed by atoms with Gasteiger partial charge in [-0.1, -0.05) is 18.2 Å². The summed E-state index contributed by atoms with van der Waals surface area (Å²) in [6.45, 7) is 1.90. The lowest BCUT2D eigenvalue weighted by atomic mass is 10.0. The van der Waals surface area contributed by atoms with Gasteiger partial charge in [-0.15, -0.1) is 11.3 Å². The van der Waals surface area contributed by atoms with Crippen LogP contribution in [0.2, 0.25) is 0 Å². The van der Waals surface area contributed by atoms with Crippen molar-refractivity contribution >= 4 is 44.6 Å². The molecule has 0 saturated heterocycles. The Kier molecular flexibility index (Phi) is 5.17. The van der Waals surface area contributed by atoms with Gasteiger partial charge in [0.15, 0.2) is 0 Å². The van der Waals surface area contributed by atoms with Gasteiger partial charge < -0.3 is 15.7 Å². The molecule has 0 saturated carbocycles. The van der Waals surface area contributed by atoms with E-state index >= 15 is 0 Å². The first kappa shape index (κ1) is 17.6. The Labute approximate surface area is 153 Å². The number of nitrogens with one attached hydrogen (secondary N) is 2. The van der Waals surface area contributed by atoms with E-state index in [0.717, 1.165) is 20.5 Å². The van der Waals surface area contributed by atoms with E-state index in [9.17, 15) is 14.7 Å². The zero-order valence-corrected chi connectivity index (χ0v) is 15.2. The van der Waals surface area contributed by atoms with E-state index in [0.29, 0.717) is 6.54 Å². The van der Waals surface area contributed by atoms with E-state index < -0.39 is 17.4 Å². The van der Waals surface area contributed by atoms with Crippen LogP contribution in [-0.2, 0) is 21.7 Å². The molecule has 1 aromatic carbocycles. The number of thiophene rings is 2. The molecule has 0 spiro atoms. The number of hydrogen-bond acceptors (Lipinski definition) is 5. The summed E-state index contributed by atoms with van der Waals surface area (Å²) >= 11 is 3.00. The van der Waals surface area contributed by atoms with E-state index in [2.05, 4.69) is 10.6 Å². The van der Waals surface area contributed by atoms with Crippen LogP contribution in [0, 0.1) is 0 Å². The van der Waals surface area contributed by atoms with E-state index in [1.54, 1.807) is 6.92 Å². The van der Waals surface area contributed by atoms with Crippen LogP contribution in [-0.4, -0.2) is 23.5 Å². The van der Waals surface area contributed by atoms with Crippen molar-refractivity contribution in [3.8, 4) is 0 Å². The molecule has 1 unspecified atom stereocenters. The highest BCUT2D eigenvalue weighted by molar-refractivity contribution is 7.19. The second kappa shape index (κ2) is 7.35. The second-order valence-corrected chi connectivity index (χ2v) is 7.78. The fourth-order valence-corrected chi connectivity index (χ4v) is 4.10. The molecular weight excluding hydrogens is 356 g/mol. The summed E-state index contributed by atoms with van der Waals surface area (Å²) in [7, 11) is 0. The number of amides is 2. The number of carbonyl (C=O) groups excluding carboxylic acids is 2. The van der Waals surface area contributed by atoms with Gasteiger partial charge in [-0.3, -0.25) is 9.59 Å². The SMILES string of the molecule is CC(O)(CNC(=O)C(=O)NCc1ccsc1)c1cc2ccccc2s1. The highest BCUT2D eigenvalue weighted by Crippen LogP contribution is 2.32. The largest absolute Gasteiger partial charge is 0.383 e. The van der Waals surface area contributed by atoms with Crippen molar-refractivity contribution in [1.29, 1.82) is 0 Å². The number of aliphatic hydroxyl groups is 1. The molecule has 25 heavy (non-hydrogen) atoms. The summed E-state index contributed by atoms with van der Waals surface area (Å²) in [4.78, 5) is 24.5. The van der Waals surface area contributed by atoms with Crippen molar-refractivity contribution < 1.29 is 14.7 Å². The van der Waals surface area contributed by atoms with Gasteiger partial charge in [0.2, 0.25) is 0 Å². The highest BCUT2D eigenvalue weighted by atomic mass is 32.1. The molecule has 0 bridgehead atoms. The molecule has 130 valence electrons. The minimum absolute atomic E-state index is 0.0372. The third-order valence-electron chi connectivity index (χ3n) is 3.79. The number of rotatable bonds is 5. The predicted octanol–water partition coefficient (Wildman–Crippen LogP) is 2.60. The van der Waals surface area contributed by atoms with Crippen molar-refractivity contribution in [3.05, 3.63) is 57.6 Å². The summed E-state index contributed by atoms with van der Waals surface area (Å²) in [6, 6.07) is 11.6. The fourth-order valence-electron chi connectivity index (χ4n) is 2.32. The van der Waals surface area contributed by atoms with Gasteiger partial charge in [0.05, 0.1) is 6.54 Å². The molecule has 0 fully saturated rings. The zero-order valence-electron chi connectivity index (χ0n) is 13.6. The molecule has 3 aromatic rings. The van der Waals surface area contributed by atoms with Crippen molar-refractivity contribution in [1.82, 2.24) is 10.6 Å². The molecule has 0 aliphatic heterocycles. The van der Waals surface area contributed by atoms with Crippen molar-refractivity contribution in [3.63, 3.8) is 0 Å². The first-order chi connectivity index (χ1) is 12.0. The van der Waals surface area contributed by atoms with Crippen LogP contribution in [0.25, 0.3) is 10.1 Å². The van der Waals surface area contributed by atoms with Crippen LogP contribution in [0.1, 0.15) is 17.4 Å². The minimum atomic E-state index is -1.24. The van der Waals surface area contributed by atoms with Gasteiger partial charge in [0.1, 0.15) is 5.60 Å². The standard InChI is InChI=1S/C18H18N2O3S2/c1-18(23,15-8-13-4-2-3-5-14(13)25-15)11-20-17(22)16(21)19-9-12-6-7-24-10-12/h2-8,10,23H,9,11H2,1H3,(H,19,21)(H,20,22). The van der Waals surface area contributed by atoms with Crippen molar-refractivity contribution in [2.24, 2.45) is 0 Å². The molecule has 1 atom stereocenters. The normalized spacial score (nSPS) is 13.4.